The van der Waals surface area contributed by atoms with Gasteiger partial charge in [-0.15, -0.1) is 0 Å². The molecule has 25 heavy (non-hydrogen) atoms. The number of nitrogens with one attached hydrogen (secondary N) is 2. The Morgan fingerprint density at radius 1 is 1.04 bits per heavy atom. The summed E-state index contributed by atoms with van der Waals surface area (Å²) in [5, 5.41) is 7.10. The van der Waals surface area contributed by atoms with E-state index >= 15 is 0 Å². The van der Waals surface area contributed by atoms with Crippen LogP contribution in [0.2, 0.25) is 0 Å². The summed E-state index contributed by atoms with van der Waals surface area (Å²) in [5.41, 5.74) is 0. The minimum Gasteiger partial charge on any atom is -0.376 e. The van der Waals surface area contributed by atoms with Gasteiger partial charge >= 0.3 is 0 Å². The summed E-state index contributed by atoms with van der Waals surface area (Å²) in [7, 11) is 3.54. The minimum absolute atomic E-state index is 0.0292. The minimum atomic E-state index is 0.0292. The zero-order valence-electron chi connectivity index (χ0n) is 16.4. The zero-order valence-corrected chi connectivity index (χ0v) is 16.4. The van der Waals surface area contributed by atoms with Gasteiger partial charge < -0.3 is 20.3 Å². The van der Waals surface area contributed by atoms with Crippen molar-refractivity contribution in [2.24, 2.45) is 4.99 Å². The highest BCUT2D eigenvalue weighted by atomic mass is 16.5. The van der Waals surface area contributed by atoms with E-state index in [-0.39, 0.29) is 12.5 Å². The molecule has 0 heterocycles. The van der Waals surface area contributed by atoms with Crippen LogP contribution < -0.4 is 10.6 Å². The van der Waals surface area contributed by atoms with Crippen molar-refractivity contribution in [2.75, 3.05) is 20.6 Å². The van der Waals surface area contributed by atoms with Gasteiger partial charge in [-0.05, 0) is 52.4 Å². The Morgan fingerprint density at radius 3 is 2.12 bits per heavy atom. The van der Waals surface area contributed by atoms with E-state index in [2.05, 4.69) is 29.5 Å². The molecule has 0 aromatic rings. The summed E-state index contributed by atoms with van der Waals surface area (Å²) in [5.74, 6) is 0.830. The average Bonchev–Trinajstić information content (AvgIpc) is 3.06. The van der Waals surface area contributed by atoms with Crippen molar-refractivity contribution in [3.05, 3.63) is 0 Å². The maximum atomic E-state index is 11.9. The van der Waals surface area contributed by atoms with Gasteiger partial charge in [-0.3, -0.25) is 4.79 Å². The fraction of sp³-hybridized carbons (Fsp3) is 0.895. The predicted octanol–water partition coefficient (Wildman–Crippen LogP) is 2.29. The van der Waals surface area contributed by atoms with E-state index in [1.807, 2.05) is 0 Å². The SMILES string of the molecule is CC(C)OC1CCC(NC(=NCC(=O)N(C)C)NC2CCCC2)CC1. The number of carbonyl (C=O) groups is 1. The third kappa shape index (κ3) is 7.22. The van der Waals surface area contributed by atoms with Gasteiger partial charge in [0.25, 0.3) is 0 Å². The largest absolute Gasteiger partial charge is 0.376 e. The molecule has 0 bridgehead atoms. The molecule has 144 valence electrons. The fourth-order valence-electron chi connectivity index (χ4n) is 3.61. The number of ether oxygens (including phenoxy) is 1. The number of hydrogen-bond donors (Lipinski definition) is 2. The van der Waals surface area contributed by atoms with Crippen LogP contribution in [0.3, 0.4) is 0 Å². The molecular weight excluding hydrogens is 316 g/mol. The van der Waals surface area contributed by atoms with E-state index < -0.39 is 0 Å². The lowest BCUT2D eigenvalue weighted by atomic mass is 9.93. The van der Waals surface area contributed by atoms with E-state index in [9.17, 15) is 4.79 Å². The number of likely N-dealkylation sites (N-methyl/N-ethyl adjacent to an activating group) is 1. The molecule has 0 radical (unpaired) electrons. The van der Waals surface area contributed by atoms with Crippen molar-refractivity contribution in [1.29, 1.82) is 0 Å². The number of amides is 1. The van der Waals surface area contributed by atoms with Gasteiger partial charge in [-0.2, -0.15) is 0 Å². The fourth-order valence-corrected chi connectivity index (χ4v) is 3.61. The van der Waals surface area contributed by atoms with E-state index in [1.165, 1.54) is 25.7 Å². The second kappa shape index (κ2) is 10.00. The van der Waals surface area contributed by atoms with E-state index in [4.69, 9.17) is 4.74 Å². The summed E-state index contributed by atoms with van der Waals surface area (Å²) in [6.45, 7) is 4.39. The molecule has 0 aliphatic heterocycles. The number of guanidine groups is 1. The first-order valence-corrected chi connectivity index (χ1v) is 9.87. The van der Waals surface area contributed by atoms with Gasteiger partial charge in [0.2, 0.25) is 5.91 Å². The highest BCUT2D eigenvalue weighted by molar-refractivity contribution is 5.85. The first kappa shape index (κ1) is 20.0. The van der Waals surface area contributed by atoms with Crippen LogP contribution in [0.4, 0.5) is 0 Å². The molecule has 0 aromatic carbocycles. The molecule has 2 aliphatic carbocycles. The first-order valence-electron chi connectivity index (χ1n) is 9.87. The maximum Gasteiger partial charge on any atom is 0.243 e. The standard InChI is InChI=1S/C19H36N4O2/c1-14(2)25-17-11-9-16(10-12-17)22-19(20-13-18(24)23(3)4)21-15-7-5-6-8-15/h14-17H,5-13H2,1-4H3,(H2,20,21,22). The normalized spacial score (nSPS) is 25.2. The summed E-state index contributed by atoms with van der Waals surface area (Å²) >= 11 is 0. The van der Waals surface area contributed by atoms with Crippen molar-refractivity contribution in [3.8, 4) is 0 Å². The molecule has 2 rings (SSSR count). The van der Waals surface area contributed by atoms with Crippen molar-refractivity contribution in [3.63, 3.8) is 0 Å². The molecule has 2 fully saturated rings. The lowest BCUT2D eigenvalue weighted by Crippen LogP contribution is -2.48. The summed E-state index contributed by atoms with van der Waals surface area (Å²) in [6, 6.07) is 0.899. The van der Waals surface area contributed by atoms with E-state index in [0.717, 1.165) is 31.6 Å². The molecule has 1 amide bonds. The number of rotatable bonds is 6. The molecule has 0 atom stereocenters. The summed E-state index contributed by atoms with van der Waals surface area (Å²) in [6.07, 6.45) is 9.97. The molecule has 0 aromatic heterocycles. The molecule has 2 saturated carbocycles. The maximum absolute atomic E-state index is 11.9. The quantitative estimate of drug-likeness (QED) is 0.569. The zero-order chi connectivity index (χ0) is 18.2. The third-order valence-electron chi connectivity index (χ3n) is 5.05. The van der Waals surface area contributed by atoms with Crippen LogP contribution >= 0.6 is 0 Å². The Hall–Kier alpha value is -1.30. The topological polar surface area (TPSA) is 66.0 Å². The lowest BCUT2D eigenvalue weighted by Gasteiger charge is -2.31. The molecule has 0 saturated heterocycles. The number of nitrogens with zero attached hydrogens (tertiary/aromatic N) is 2. The Balaban J connectivity index is 1.86. The van der Waals surface area contributed by atoms with Crippen LogP contribution in [-0.4, -0.2) is 61.7 Å². The first-order chi connectivity index (χ1) is 11.9. The van der Waals surface area contributed by atoms with Crippen LogP contribution in [0.25, 0.3) is 0 Å². The van der Waals surface area contributed by atoms with Gasteiger partial charge in [-0.25, -0.2) is 4.99 Å². The second-order valence-corrected chi connectivity index (χ2v) is 7.88. The van der Waals surface area contributed by atoms with Crippen LogP contribution in [0.5, 0.6) is 0 Å². The van der Waals surface area contributed by atoms with Gasteiger partial charge in [0.05, 0.1) is 12.2 Å². The number of hydrogen-bond acceptors (Lipinski definition) is 3. The Labute approximate surface area is 152 Å². The highest BCUT2D eigenvalue weighted by Crippen LogP contribution is 2.22. The second-order valence-electron chi connectivity index (χ2n) is 7.88. The number of aliphatic imine (C=N–C) groups is 1. The summed E-state index contributed by atoms with van der Waals surface area (Å²) < 4.78 is 5.93. The van der Waals surface area contributed by atoms with Crippen LogP contribution in [0.15, 0.2) is 4.99 Å². The lowest BCUT2D eigenvalue weighted by molar-refractivity contribution is -0.127. The van der Waals surface area contributed by atoms with Gasteiger partial charge in [0, 0.05) is 26.2 Å². The van der Waals surface area contributed by atoms with E-state index in [1.54, 1.807) is 19.0 Å². The number of carbonyl (C=O) groups excluding carboxylic acids is 1. The molecule has 2 aliphatic rings. The van der Waals surface area contributed by atoms with Gasteiger partial charge in [0.15, 0.2) is 5.96 Å². The van der Waals surface area contributed by atoms with E-state index in [0.29, 0.717) is 24.3 Å². The van der Waals surface area contributed by atoms with Crippen molar-refractivity contribution >= 4 is 11.9 Å². The summed E-state index contributed by atoms with van der Waals surface area (Å²) in [4.78, 5) is 18.0. The van der Waals surface area contributed by atoms with Crippen molar-refractivity contribution < 1.29 is 9.53 Å². The third-order valence-corrected chi connectivity index (χ3v) is 5.05. The molecule has 0 unspecified atom stereocenters. The van der Waals surface area contributed by atoms with Crippen LogP contribution in [0, 0.1) is 0 Å². The molecule has 6 heteroatoms. The van der Waals surface area contributed by atoms with Crippen molar-refractivity contribution in [2.45, 2.75) is 89.5 Å². The highest BCUT2D eigenvalue weighted by Gasteiger charge is 2.24. The Kier molecular flexibility index (Phi) is 8.00. The molecular formula is C19H36N4O2. The Morgan fingerprint density at radius 2 is 1.60 bits per heavy atom. The molecule has 6 nitrogen and oxygen atoms in total. The van der Waals surface area contributed by atoms with Crippen LogP contribution in [-0.2, 0) is 9.53 Å². The van der Waals surface area contributed by atoms with Gasteiger partial charge in [-0.1, -0.05) is 12.8 Å². The smallest absolute Gasteiger partial charge is 0.243 e. The average molecular weight is 353 g/mol. The molecule has 2 N–H and O–H groups in total. The van der Waals surface area contributed by atoms with Crippen molar-refractivity contribution in [1.82, 2.24) is 15.5 Å². The molecule has 0 spiro atoms. The monoisotopic (exact) mass is 352 g/mol. The Bertz CT molecular complexity index is 437. The predicted molar refractivity (Wildman–Crippen MR) is 102 cm³/mol. The van der Waals surface area contributed by atoms with Crippen LogP contribution in [0.1, 0.15) is 65.2 Å². The van der Waals surface area contributed by atoms with Gasteiger partial charge in [0.1, 0.15) is 6.54 Å².